The zero-order chi connectivity index (χ0) is 19.3. The van der Waals surface area contributed by atoms with E-state index in [2.05, 4.69) is 6.58 Å². The molecule has 0 saturated carbocycles. The van der Waals surface area contributed by atoms with Gasteiger partial charge < -0.3 is 14.7 Å². The molecule has 0 unspecified atom stereocenters. The van der Waals surface area contributed by atoms with Crippen LogP contribution in [-0.4, -0.2) is 53.4 Å². The fraction of sp³-hybridized carbons (Fsp3) is 0.333. The Kier molecular flexibility index (Phi) is 6.11. The highest BCUT2D eigenvalue weighted by Crippen LogP contribution is 2.27. The van der Waals surface area contributed by atoms with Crippen LogP contribution in [-0.2, 0) is 19.2 Å². The third kappa shape index (κ3) is 4.08. The van der Waals surface area contributed by atoms with Crippen molar-refractivity contribution in [2.24, 2.45) is 0 Å². The predicted molar refractivity (Wildman–Crippen MR) is 92.7 cm³/mol. The molecule has 0 bridgehead atoms. The molecule has 1 heterocycles. The van der Waals surface area contributed by atoms with E-state index in [0.717, 1.165) is 4.90 Å². The van der Waals surface area contributed by atoms with E-state index in [1.54, 1.807) is 24.3 Å². The van der Waals surface area contributed by atoms with Crippen LogP contribution in [0.5, 0.6) is 5.75 Å². The fourth-order valence-electron chi connectivity index (χ4n) is 2.76. The molecule has 2 rings (SSSR count). The summed E-state index contributed by atoms with van der Waals surface area (Å²) in [5.41, 5.74) is 0.389. The van der Waals surface area contributed by atoms with E-state index in [4.69, 9.17) is 9.84 Å². The molecule has 0 aliphatic carbocycles. The summed E-state index contributed by atoms with van der Waals surface area (Å²) in [5.74, 6) is -1.97. The normalized spacial score (nSPS) is 16.5. The molecular formula is C18H20N2O6. The van der Waals surface area contributed by atoms with Gasteiger partial charge in [-0.2, -0.15) is 0 Å². The number of hydrogen-bond donors (Lipinski definition) is 1. The van der Waals surface area contributed by atoms with Crippen LogP contribution in [0.1, 0.15) is 19.3 Å². The number of benzene rings is 1. The van der Waals surface area contributed by atoms with E-state index >= 15 is 0 Å². The van der Waals surface area contributed by atoms with Crippen LogP contribution < -0.4 is 9.64 Å². The summed E-state index contributed by atoms with van der Waals surface area (Å²) in [7, 11) is 1.51. The minimum Gasteiger partial charge on any atom is -0.497 e. The van der Waals surface area contributed by atoms with Gasteiger partial charge >= 0.3 is 5.97 Å². The zero-order valence-electron chi connectivity index (χ0n) is 14.4. The Balaban J connectivity index is 2.21. The van der Waals surface area contributed by atoms with Gasteiger partial charge in [-0.15, -0.1) is 6.58 Å². The number of nitrogens with zero attached hydrogens (tertiary/aromatic N) is 2. The number of carbonyl (C=O) groups is 4. The zero-order valence-corrected chi connectivity index (χ0v) is 14.4. The second kappa shape index (κ2) is 8.28. The molecular weight excluding hydrogens is 340 g/mol. The van der Waals surface area contributed by atoms with Crippen molar-refractivity contribution in [3.05, 3.63) is 36.9 Å². The monoisotopic (exact) mass is 360 g/mol. The van der Waals surface area contributed by atoms with Gasteiger partial charge in [0, 0.05) is 13.0 Å². The van der Waals surface area contributed by atoms with Crippen LogP contribution in [0, 0.1) is 0 Å². The van der Waals surface area contributed by atoms with Gasteiger partial charge in [0.15, 0.2) is 0 Å². The van der Waals surface area contributed by atoms with Gasteiger partial charge in [-0.1, -0.05) is 6.08 Å². The lowest BCUT2D eigenvalue weighted by Gasteiger charge is -2.26. The molecule has 26 heavy (non-hydrogen) atoms. The lowest BCUT2D eigenvalue weighted by molar-refractivity contribution is -0.142. The van der Waals surface area contributed by atoms with Crippen LogP contribution in [0.25, 0.3) is 0 Å². The second-order valence-electron chi connectivity index (χ2n) is 5.71. The summed E-state index contributed by atoms with van der Waals surface area (Å²) in [5, 5.41) is 8.74. The lowest BCUT2D eigenvalue weighted by Crippen LogP contribution is -2.45. The number of rotatable bonds is 8. The molecule has 0 radical (unpaired) electrons. The van der Waals surface area contributed by atoms with Gasteiger partial charge in [0.05, 0.1) is 25.6 Å². The molecule has 8 nitrogen and oxygen atoms in total. The number of aliphatic carboxylic acids is 1. The SMILES string of the molecule is C=CCN(C(=O)CCC(=O)O)[C@H]1CC(=O)N(c2ccc(OC)cc2)C1=O. The molecule has 8 heteroatoms. The third-order valence-corrected chi connectivity index (χ3v) is 4.03. The molecule has 1 aromatic rings. The highest BCUT2D eigenvalue weighted by Gasteiger charge is 2.43. The molecule has 1 saturated heterocycles. The average molecular weight is 360 g/mol. The number of ether oxygens (including phenoxy) is 1. The Hall–Kier alpha value is -3.16. The topological polar surface area (TPSA) is 104 Å². The average Bonchev–Trinajstić information content (AvgIpc) is 2.91. The van der Waals surface area contributed by atoms with Crippen LogP contribution in [0.2, 0.25) is 0 Å². The summed E-state index contributed by atoms with van der Waals surface area (Å²) in [6, 6.07) is 5.46. The Morgan fingerprint density at radius 1 is 1.31 bits per heavy atom. The van der Waals surface area contributed by atoms with Gasteiger partial charge in [-0.3, -0.25) is 19.2 Å². The number of carbonyl (C=O) groups excluding carboxylic acids is 3. The van der Waals surface area contributed by atoms with Crippen molar-refractivity contribution in [3.63, 3.8) is 0 Å². The molecule has 3 amide bonds. The van der Waals surface area contributed by atoms with E-state index in [1.807, 2.05) is 0 Å². The molecule has 138 valence electrons. The molecule has 1 N–H and O–H groups in total. The molecule has 1 aromatic carbocycles. The largest absolute Gasteiger partial charge is 0.497 e. The predicted octanol–water partition coefficient (Wildman–Crippen LogP) is 1.21. The summed E-state index contributed by atoms with van der Waals surface area (Å²) in [6.45, 7) is 3.61. The first-order valence-corrected chi connectivity index (χ1v) is 8.02. The molecule has 0 aromatic heterocycles. The van der Waals surface area contributed by atoms with Gasteiger partial charge in [0.1, 0.15) is 11.8 Å². The first kappa shape index (κ1) is 19.2. The number of imide groups is 1. The van der Waals surface area contributed by atoms with Crippen molar-refractivity contribution in [2.45, 2.75) is 25.3 Å². The maximum atomic E-state index is 12.8. The van der Waals surface area contributed by atoms with Crippen LogP contribution in [0.15, 0.2) is 36.9 Å². The smallest absolute Gasteiger partial charge is 0.303 e. The van der Waals surface area contributed by atoms with Crippen LogP contribution >= 0.6 is 0 Å². The molecule has 1 aliphatic heterocycles. The van der Waals surface area contributed by atoms with Crippen molar-refractivity contribution in [3.8, 4) is 5.75 Å². The van der Waals surface area contributed by atoms with Gasteiger partial charge in [0.25, 0.3) is 5.91 Å². The minimum atomic E-state index is -1.11. The summed E-state index contributed by atoms with van der Waals surface area (Å²) in [4.78, 5) is 50.4. The van der Waals surface area contributed by atoms with Gasteiger partial charge in [-0.05, 0) is 24.3 Å². The Bertz CT molecular complexity index is 728. The van der Waals surface area contributed by atoms with E-state index in [-0.39, 0.29) is 25.8 Å². The standard InChI is InChI=1S/C18H20N2O6/c1-3-10-19(15(21)8-9-17(23)24)14-11-16(22)20(18(14)25)12-4-6-13(26-2)7-5-12/h3-7,14H,1,8-11H2,2H3,(H,23,24)/t14-/m0/s1. The van der Waals surface area contributed by atoms with Crippen molar-refractivity contribution >= 4 is 29.4 Å². The number of carboxylic acid groups (broad SMARTS) is 1. The second-order valence-corrected chi connectivity index (χ2v) is 5.71. The number of hydrogen-bond acceptors (Lipinski definition) is 5. The lowest BCUT2D eigenvalue weighted by atomic mass is 10.1. The Labute approximate surface area is 150 Å². The molecule has 0 spiro atoms. The van der Waals surface area contributed by atoms with Gasteiger partial charge in [0.2, 0.25) is 11.8 Å². The minimum absolute atomic E-state index is 0.0542. The summed E-state index contributed by atoms with van der Waals surface area (Å²) < 4.78 is 5.05. The van der Waals surface area contributed by atoms with E-state index in [9.17, 15) is 19.2 Å². The number of methoxy groups -OCH3 is 1. The van der Waals surface area contributed by atoms with E-state index < -0.39 is 29.7 Å². The summed E-state index contributed by atoms with van der Waals surface area (Å²) >= 11 is 0. The number of amides is 3. The highest BCUT2D eigenvalue weighted by molar-refractivity contribution is 6.23. The molecule has 1 fully saturated rings. The molecule has 1 aliphatic rings. The first-order valence-electron chi connectivity index (χ1n) is 8.02. The Morgan fingerprint density at radius 2 is 1.96 bits per heavy atom. The van der Waals surface area contributed by atoms with E-state index in [1.165, 1.54) is 18.1 Å². The third-order valence-electron chi connectivity index (χ3n) is 4.03. The number of anilines is 1. The first-order chi connectivity index (χ1) is 12.4. The van der Waals surface area contributed by atoms with Crippen LogP contribution in [0.4, 0.5) is 5.69 Å². The Morgan fingerprint density at radius 3 is 2.50 bits per heavy atom. The number of carboxylic acids is 1. The fourth-order valence-corrected chi connectivity index (χ4v) is 2.76. The maximum Gasteiger partial charge on any atom is 0.303 e. The van der Waals surface area contributed by atoms with Crippen molar-refractivity contribution in [2.75, 3.05) is 18.6 Å². The maximum absolute atomic E-state index is 12.8. The van der Waals surface area contributed by atoms with Crippen molar-refractivity contribution < 1.29 is 29.0 Å². The van der Waals surface area contributed by atoms with E-state index in [0.29, 0.717) is 11.4 Å². The quantitative estimate of drug-likeness (QED) is 0.552. The molecule has 1 atom stereocenters. The van der Waals surface area contributed by atoms with Gasteiger partial charge in [-0.25, -0.2) is 4.90 Å². The van der Waals surface area contributed by atoms with Crippen molar-refractivity contribution in [1.82, 2.24) is 4.90 Å². The van der Waals surface area contributed by atoms with Crippen molar-refractivity contribution in [1.29, 1.82) is 0 Å². The summed E-state index contributed by atoms with van der Waals surface area (Å²) in [6.07, 6.45) is 0.692. The highest BCUT2D eigenvalue weighted by atomic mass is 16.5. The van der Waals surface area contributed by atoms with Crippen LogP contribution in [0.3, 0.4) is 0 Å².